The van der Waals surface area contributed by atoms with Gasteiger partial charge >= 0.3 is 0 Å². The maximum atomic E-state index is 15.5. The molecule has 0 radical (unpaired) electrons. The van der Waals surface area contributed by atoms with Crippen LogP contribution in [-0.2, 0) is 20.9 Å². The number of hydrogen-bond donors (Lipinski definition) is 2. The molecule has 4 aromatic rings. The van der Waals surface area contributed by atoms with Gasteiger partial charge in [-0.25, -0.2) is 0 Å². The summed E-state index contributed by atoms with van der Waals surface area (Å²) in [4.78, 5) is 35.7. The van der Waals surface area contributed by atoms with Crippen molar-refractivity contribution in [2.75, 3.05) is 19.8 Å². The molecular formula is C57H70N2O8. The lowest BCUT2D eigenvalue weighted by atomic mass is 9.55. The second-order valence-electron chi connectivity index (χ2n) is 20.1. The lowest BCUT2D eigenvalue weighted by Crippen LogP contribution is -2.70. The van der Waals surface area contributed by atoms with Gasteiger partial charge in [0.05, 0.1) is 18.2 Å². The Morgan fingerprint density at radius 2 is 1.66 bits per heavy atom. The van der Waals surface area contributed by atoms with Crippen LogP contribution < -0.4 is 9.47 Å². The SMILES string of the molecule is C=CCOC12Oc3ccc(Oc4cccc(C=O)c4)cc3C3C(CCCCO)C(CCCCO)C=C(C(=NOC(C)(C)C)CC1N(Cc1cccc4ccccc14)C(=O)CCC1CCCC1)C32. The first-order valence-electron chi connectivity index (χ1n) is 24.8. The molecule has 2 fully saturated rings. The molecule has 1 amide bonds. The molecule has 0 spiro atoms. The van der Waals surface area contributed by atoms with Crippen LogP contribution in [0.3, 0.4) is 0 Å². The molecule has 1 heterocycles. The van der Waals surface area contributed by atoms with E-state index in [0.717, 1.165) is 84.4 Å². The van der Waals surface area contributed by atoms with E-state index in [1.165, 1.54) is 12.8 Å². The second kappa shape index (κ2) is 21.8. The topological polar surface area (TPSA) is 127 Å². The first-order chi connectivity index (χ1) is 32.5. The maximum Gasteiger partial charge on any atom is 0.239 e. The molecule has 3 aliphatic carbocycles. The molecule has 4 aromatic carbocycles. The van der Waals surface area contributed by atoms with Crippen LogP contribution in [0.15, 0.2) is 114 Å². The van der Waals surface area contributed by atoms with Gasteiger partial charge in [0.15, 0.2) is 0 Å². The Labute approximate surface area is 397 Å². The number of carbonyl (C=O) groups excluding carboxylic acids is 2. The number of aldehydes is 1. The Hall–Kier alpha value is -5.29. The summed E-state index contributed by atoms with van der Waals surface area (Å²) in [5.41, 5.74) is 3.68. The smallest absolute Gasteiger partial charge is 0.239 e. The van der Waals surface area contributed by atoms with E-state index in [2.05, 4.69) is 60.0 Å². The maximum absolute atomic E-state index is 15.5. The number of oxime groups is 1. The monoisotopic (exact) mass is 911 g/mol. The standard InChI is InChI=1S/C57H70N2O8/c1-5-32-64-57-52(59(53(63)29-26-39-16-6-7-17-39)37-43-22-15-21-41-19-8-9-24-46(41)43)36-50(58-67-56(2,3)4)48-34-42(20-10-12-30-60)47(25-11-13-31-61)54(55(48)57)49-35-45(27-28-51(49)66-57)65-44-23-14-18-40(33-44)38-62/h5,8-9,14-15,18-19,21-24,27-28,33-35,38-39,42,47,52,54-55,60-61H,1,6-7,10-13,16-17,20,25-26,29-32,36-37H2,2-4H3. The van der Waals surface area contributed by atoms with E-state index in [-0.39, 0.29) is 43.5 Å². The zero-order valence-corrected chi connectivity index (χ0v) is 39.7. The first kappa shape index (κ1) is 48.2. The van der Waals surface area contributed by atoms with E-state index in [4.69, 9.17) is 24.2 Å². The number of fused-ring (bicyclic) bond motifs is 3. The van der Waals surface area contributed by atoms with Crippen molar-refractivity contribution in [3.63, 3.8) is 0 Å². The van der Waals surface area contributed by atoms with Gasteiger partial charge in [0.2, 0.25) is 11.7 Å². The molecule has 2 N–H and O–H groups in total. The summed E-state index contributed by atoms with van der Waals surface area (Å²) in [6.07, 6.45) is 15.9. The predicted molar refractivity (Wildman–Crippen MR) is 263 cm³/mol. The molecule has 10 heteroatoms. The summed E-state index contributed by atoms with van der Waals surface area (Å²) in [6, 6.07) is 27.1. The van der Waals surface area contributed by atoms with Crippen molar-refractivity contribution in [1.82, 2.24) is 4.90 Å². The zero-order valence-electron chi connectivity index (χ0n) is 39.7. The van der Waals surface area contributed by atoms with Gasteiger partial charge in [-0.1, -0.05) is 110 Å². The minimum atomic E-state index is -1.39. The summed E-state index contributed by atoms with van der Waals surface area (Å²) in [5, 5.41) is 27.4. The molecule has 1 aliphatic heterocycles. The highest BCUT2D eigenvalue weighted by Crippen LogP contribution is 2.62. The number of amides is 1. The quantitative estimate of drug-likeness (QED) is 0.0366. The third-order valence-electron chi connectivity index (χ3n) is 14.5. The molecule has 8 rings (SSSR count). The number of aliphatic hydroxyl groups excluding tert-OH is 2. The fraction of sp³-hybridized carbons (Fsp3) is 0.491. The summed E-state index contributed by atoms with van der Waals surface area (Å²) in [7, 11) is 0. The second-order valence-corrected chi connectivity index (χ2v) is 20.1. The van der Waals surface area contributed by atoms with Crippen LogP contribution in [0.1, 0.15) is 132 Å². The number of hydrogen-bond acceptors (Lipinski definition) is 9. The third kappa shape index (κ3) is 10.9. The fourth-order valence-electron chi connectivity index (χ4n) is 11.4. The largest absolute Gasteiger partial charge is 0.459 e. The van der Waals surface area contributed by atoms with E-state index in [9.17, 15) is 15.0 Å². The first-order valence-corrected chi connectivity index (χ1v) is 24.8. The van der Waals surface area contributed by atoms with Crippen LogP contribution in [-0.4, -0.2) is 70.3 Å². The van der Waals surface area contributed by atoms with Crippen LogP contribution >= 0.6 is 0 Å². The number of unbranched alkanes of at least 4 members (excludes halogenated alkanes) is 2. The Bertz CT molecular complexity index is 2410. The van der Waals surface area contributed by atoms with Gasteiger partial charge in [0.1, 0.15) is 35.2 Å². The predicted octanol–water partition coefficient (Wildman–Crippen LogP) is 11.9. The molecule has 356 valence electrons. The van der Waals surface area contributed by atoms with Gasteiger partial charge in [-0.2, -0.15) is 0 Å². The van der Waals surface area contributed by atoms with Crippen molar-refractivity contribution < 1.29 is 38.9 Å². The Morgan fingerprint density at radius 3 is 2.42 bits per heavy atom. The van der Waals surface area contributed by atoms with Gasteiger partial charge in [0, 0.05) is 49.6 Å². The molecular weight excluding hydrogens is 841 g/mol. The van der Waals surface area contributed by atoms with Gasteiger partial charge in [-0.05, 0) is 123 Å². The highest BCUT2D eigenvalue weighted by atomic mass is 16.7. The summed E-state index contributed by atoms with van der Waals surface area (Å²) in [5.74, 6) is 0.440. The van der Waals surface area contributed by atoms with Gasteiger partial charge in [-0.3, -0.25) is 9.59 Å². The summed E-state index contributed by atoms with van der Waals surface area (Å²) in [6.45, 7) is 10.8. The van der Waals surface area contributed by atoms with Crippen LogP contribution in [0, 0.1) is 23.7 Å². The highest BCUT2D eigenvalue weighted by molar-refractivity contribution is 6.03. The molecule has 6 unspecified atom stereocenters. The molecule has 4 aliphatic rings. The van der Waals surface area contributed by atoms with Gasteiger partial charge in [-0.15, -0.1) is 6.58 Å². The third-order valence-corrected chi connectivity index (χ3v) is 14.5. The highest BCUT2D eigenvalue weighted by Gasteiger charge is 2.65. The molecule has 2 saturated carbocycles. The van der Waals surface area contributed by atoms with Crippen molar-refractivity contribution in [2.24, 2.45) is 28.8 Å². The van der Waals surface area contributed by atoms with E-state index in [0.29, 0.717) is 61.0 Å². The average Bonchev–Trinajstić information content (AvgIpc) is 3.86. The van der Waals surface area contributed by atoms with Gasteiger partial charge in [0.25, 0.3) is 0 Å². The van der Waals surface area contributed by atoms with E-state index >= 15 is 4.79 Å². The summed E-state index contributed by atoms with van der Waals surface area (Å²) < 4.78 is 21.4. The van der Waals surface area contributed by atoms with Crippen LogP contribution in [0.25, 0.3) is 10.8 Å². The van der Waals surface area contributed by atoms with Crippen molar-refractivity contribution in [3.05, 3.63) is 126 Å². The van der Waals surface area contributed by atoms with Crippen LogP contribution in [0.2, 0.25) is 0 Å². The number of ether oxygens (including phenoxy) is 3. The Kier molecular flexibility index (Phi) is 15.7. The number of rotatable bonds is 21. The molecule has 0 bridgehead atoms. The molecule has 6 atom stereocenters. The Morgan fingerprint density at radius 1 is 0.910 bits per heavy atom. The number of carbonyl (C=O) groups is 2. The minimum absolute atomic E-state index is 0.0510. The van der Waals surface area contributed by atoms with Crippen LogP contribution in [0.4, 0.5) is 0 Å². The number of allylic oxidation sites excluding steroid dienone is 1. The zero-order chi connectivity index (χ0) is 47.0. The van der Waals surface area contributed by atoms with E-state index in [1.54, 1.807) is 24.3 Å². The molecule has 0 saturated heterocycles. The molecule has 67 heavy (non-hydrogen) atoms. The lowest BCUT2D eigenvalue weighted by Gasteiger charge is -2.60. The van der Waals surface area contributed by atoms with E-state index in [1.807, 2.05) is 45.0 Å². The Balaban J connectivity index is 1.35. The van der Waals surface area contributed by atoms with Crippen molar-refractivity contribution >= 4 is 28.7 Å². The number of aliphatic hydroxyl groups is 2. The van der Waals surface area contributed by atoms with Crippen molar-refractivity contribution in [2.45, 2.75) is 134 Å². The lowest BCUT2D eigenvalue weighted by molar-refractivity contribution is -0.258. The van der Waals surface area contributed by atoms with Crippen molar-refractivity contribution in [3.8, 4) is 17.2 Å². The fourth-order valence-corrected chi connectivity index (χ4v) is 11.4. The van der Waals surface area contributed by atoms with Gasteiger partial charge < -0.3 is 34.2 Å². The van der Waals surface area contributed by atoms with Crippen molar-refractivity contribution in [1.29, 1.82) is 0 Å². The van der Waals surface area contributed by atoms with Crippen LogP contribution in [0.5, 0.6) is 17.2 Å². The molecule has 10 nitrogen and oxygen atoms in total. The normalized spacial score (nSPS) is 24.0. The summed E-state index contributed by atoms with van der Waals surface area (Å²) >= 11 is 0. The number of nitrogens with zero attached hydrogens (tertiary/aromatic N) is 2. The minimum Gasteiger partial charge on any atom is -0.459 e. The molecule has 0 aromatic heterocycles. The number of benzene rings is 4. The average molecular weight is 911 g/mol. The van der Waals surface area contributed by atoms with E-state index < -0.39 is 23.3 Å².